The van der Waals surface area contributed by atoms with Crippen molar-refractivity contribution in [3.8, 4) is 0 Å². The van der Waals surface area contributed by atoms with Crippen molar-refractivity contribution in [1.29, 1.82) is 0 Å². The molecular weight excluding hydrogens is 192 g/mol. The van der Waals surface area contributed by atoms with Gasteiger partial charge in [0.15, 0.2) is 0 Å². The minimum absolute atomic E-state index is 0.443. The zero-order chi connectivity index (χ0) is 11.1. The molecule has 0 heterocycles. The van der Waals surface area contributed by atoms with Gasteiger partial charge in [-0.3, -0.25) is 10.0 Å². The molecule has 0 aliphatic heterocycles. The number of nitrogens with one attached hydrogen (secondary N) is 2. The SMILES string of the molecule is CCCCNc1ccc(C(=O)NO)cc1. The van der Waals surface area contributed by atoms with Crippen molar-refractivity contribution < 1.29 is 10.0 Å². The highest BCUT2D eigenvalue weighted by molar-refractivity contribution is 5.93. The third kappa shape index (κ3) is 3.59. The highest BCUT2D eigenvalue weighted by atomic mass is 16.5. The third-order valence-electron chi connectivity index (χ3n) is 2.11. The zero-order valence-electron chi connectivity index (χ0n) is 8.79. The molecular formula is C11H16N2O2. The predicted octanol–water partition coefficient (Wildman–Crippen LogP) is 2.02. The number of unbranched alkanes of at least 4 members (excludes halogenated alkanes) is 1. The Kier molecular flexibility index (Phi) is 4.63. The lowest BCUT2D eigenvalue weighted by Crippen LogP contribution is -2.18. The van der Waals surface area contributed by atoms with Gasteiger partial charge in [0.1, 0.15) is 0 Å². The number of carbonyl (C=O) groups excluding carboxylic acids is 1. The maximum Gasteiger partial charge on any atom is 0.274 e. The molecule has 0 radical (unpaired) electrons. The number of hydrogen-bond donors (Lipinski definition) is 3. The zero-order valence-corrected chi connectivity index (χ0v) is 8.79. The summed E-state index contributed by atoms with van der Waals surface area (Å²) in [6.07, 6.45) is 2.27. The first-order valence-corrected chi connectivity index (χ1v) is 5.06. The van der Waals surface area contributed by atoms with Crippen LogP contribution in [0.3, 0.4) is 0 Å². The molecule has 0 bridgehead atoms. The van der Waals surface area contributed by atoms with Crippen LogP contribution in [0, 0.1) is 0 Å². The van der Waals surface area contributed by atoms with Crippen LogP contribution in [0.5, 0.6) is 0 Å². The van der Waals surface area contributed by atoms with Crippen LogP contribution in [0.15, 0.2) is 24.3 Å². The topological polar surface area (TPSA) is 61.4 Å². The molecule has 0 aliphatic carbocycles. The number of rotatable bonds is 5. The summed E-state index contributed by atoms with van der Waals surface area (Å²) in [5, 5.41) is 11.7. The summed E-state index contributed by atoms with van der Waals surface area (Å²) < 4.78 is 0. The summed E-state index contributed by atoms with van der Waals surface area (Å²) >= 11 is 0. The summed E-state index contributed by atoms with van der Waals surface area (Å²) in [4.78, 5) is 11.0. The molecule has 1 aromatic rings. The standard InChI is InChI=1S/C11H16N2O2/c1-2-3-8-12-10-6-4-9(5-7-10)11(14)13-15/h4-7,12,15H,2-3,8H2,1H3,(H,13,14). The van der Waals surface area contributed by atoms with E-state index in [-0.39, 0.29) is 0 Å². The van der Waals surface area contributed by atoms with Crippen molar-refractivity contribution in [3.05, 3.63) is 29.8 Å². The van der Waals surface area contributed by atoms with E-state index in [2.05, 4.69) is 12.2 Å². The van der Waals surface area contributed by atoms with Gasteiger partial charge in [0, 0.05) is 17.8 Å². The molecule has 0 spiro atoms. The van der Waals surface area contributed by atoms with E-state index in [1.165, 1.54) is 0 Å². The lowest BCUT2D eigenvalue weighted by Gasteiger charge is -2.05. The van der Waals surface area contributed by atoms with Gasteiger partial charge < -0.3 is 5.32 Å². The van der Waals surface area contributed by atoms with Crippen molar-refractivity contribution in [2.24, 2.45) is 0 Å². The Morgan fingerprint density at radius 3 is 2.53 bits per heavy atom. The molecule has 4 heteroatoms. The van der Waals surface area contributed by atoms with Crippen molar-refractivity contribution in [3.63, 3.8) is 0 Å². The van der Waals surface area contributed by atoms with Gasteiger partial charge in [0.05, 0.1) is 0 Å². The van der Waals surface area contributed by atoms with Crippen molar-refractivity contribution in [1.82, 2.24) is 5.48 Å². The van der Waals surface area contributed by atoms with E-state index in [0.29, 0.717) is 5.56 Å². The first-order valence-electron chi connectivity index (χ1n) is 5.06. The maximum absolute atomic E-state index is 11.0. The lowest BCUT2D eigenvalue weighted by molar-refractivity contribution is 0.0706. The molecule has 3 N–H and O–H groups in total. The third-order valence-corrected chi connectivity index (χ3v) is 2.11. The van der Waals surface area contributed by atoms with Gasteiger partial charge in [0.25, 0.3) is 5.91 Å². The van der Waals surface area contributed by atoms with Crippen molar-refractivity contribution in [2.45, 2.75) is 19.8 Å². The van der Waals surface area contributed by atoms with Crippen LogP contribution in [0.4, 0.5) is 5.69 Å². The first kappa shape index (κ1) is 11.5. The highest BCUT2D eigenvalue weighted by Gasteiger charge is 2.02. The Morgan fingerprint density at radius 1 is 1.33 bits per heavy atom. The summed E-state index contributed by atoms with van der Waals surface area (Å²) in [6.45, 7) is 3.07. The van der Waals surface area contributed by atoms with Gasteiger partial charge in [-0.2, -0.15) is 0 Å². The number of anilines is 1. The lowest BCUT2D eigenvalue weighted by atomic mass is 10.2. The average Bonchev–Trinajstić information content (AvgIpc) is 2.29. The van der Waals surface area contributed by atoms with Crippen LogP contribution in [-0.4, -0.2) is 17.7 Å². The number of hydroxylamine groups is 1. The van der Waals surface area contributed by atoms with Gasteiger partial charge in [-0.15, -0.1) is 0 Å². The Hall–Kier alpha value is -1.55. The molecule has 0 atom stereocenters. The first-order chi connectivity index (χ1) is 7.27. The number of carbonyl (C=O) groups is 1. The second kappa shape index (κ2) is 6.03. The van der Waals surface area contributed by atoms with Crippen LogP contribution in [0.2, 0.25) is 0 Å². The minimum atomic E-state index is -0.491. The van der Waals surface area contributed by atoms with Gasteiger partial charge in [-0.1, -0.05) is 13.3 Å². The van der Waals surface area contributed by atoms with Crippen LogP contribution in [0.1, 0.15) is 30.1 Å². The molecule has 82 valence electrons. The molecule has 1 amide bonds. The fourth-order valence-corrected chi connectivity index (χ4v) is 1.21. The molecule has 0 unspecified atom stereocenters. The molecule has 0 fully saturated rings. The van der Waals surface area contributed by atoms with E-state index >= 15 is 0 Å². The van der Waals surface area contributed by atoms with Crippen LogP contribution < -0.4 is 10.8 Å². The van der Waals surface area contributed by atoms with E-state index in [1.807, 2.05) is 12.1 Å². The van der Waals surface area contributed by atoms with Gasteiger partial charge in [-0.05, 0) is 30.7 Å². The van der Waals surface area contributed by atoms with Crippen molar-refractivity contribution >= 4 is 11.6 Å². The maximum atomic E-state index is 11.0. The molecule has 0 aromatic heterocycles. The highest BCUT2D eigenvalue weighted by Crippen LogP contribution is 2.09. The molecule has 1 aromatic carbocycles. The molecule has 0 saturated carbocycles. The van der Waals surface area contributed by atoms with Crippen LogP contribution in [-0.2, 0) is 0 Å². The number of amides is 1. The van der Waals surface area contributed by atoms with E-state index in [4.69, 9.17) is 5.21 Å². The number of benzene rings is 1. The largest absolute Gasteiger partial charge is 0.385 e. The van der Waals surface area contributed by atoms with E-state index in [0.717, 1.165) is 25.1 Å². The Balaban J connectivity index is 2.52. The molecule has 1 rings (SSSR count). The Bertz CT molecular complexity index is 309. The molecule has 15 heavy (non-hydrogen) atoms. The van der Waals surface area contributed by atoms with Crippen LogP contribution in [0.25, 0.3) is 0 Å². The van der Waals surface area contributed by atoms with Gasteiger partial charge in [-0.25, -0.2) is 5.48 Å². The van der Waals surface area contributed by atoms with E-state index in [1.54, 1.807) is 17.6 Å². The van der Waals surface area contributed by atoms with E-state index in [9.17, 15) is 4.79 Å². The second-order valence-corrected chi connectivity index (χ2v) is 3.30. The van der Waals surface area contributed by atoms with Gasteiger partial charge in [0.2, 0.25) is 0 Å². The van der Waals surface area contributed by atoms with Gasteiger partial charge >= 0.3 is 0 Å². The smallest absolute Gasteiger partial charge is 0.274 e. The van der Waals surface area contributed by atoms with Crippen LogP contribution >= 0.6 is 0 Å². The Morgan fingerprint density at radius 2 is 2.00 bits per heavy atom. The fraction of sp³-hybridized carbons (Fsp3) is 0.364. The second-order valence-electron chi connectivity index (χ2n) is 3.30. The molecule has 4 nitrogen and oxygen atoms in total. The predicted molar refractivity (Wildman–Crippen MR) is 59.1 cm³/mol. The average molecular weight is 208 g/mol. The monoisotopic (exact) mass is 208 g/mol. The number of hydrogen-bond acceptors (Lipinski definition) is 3. The summed E-state index contributed by atoms with van der Waals surface area (Å²) in [5.74, 6) is -0.491. The molecule has 0 aliphatic rings. The summed E-state index contributed by atoms with van der Waals surface area (Å²) in [5.41, 5.74) is 3.02. The molecule has 0 saturated heterocycles. The quantitative estimate of drug-likeness (QED) is 0.394. The van der Waals surface area contributed by atoms with E-state index < -0.39 is 5.91 Å². The summed E-state index contributed by atoms with van der Waals surface area (Å²) in [7, 11) is 0. The fourth-order valence-electron chi connectivity index (χ4n) is 1.21. The summed E-state index contributed by atoms with van der Waals surface area (Å²) in [6, 6.07) is 6.97. The minimum Gasteiger partial charge on any atom is -0.385 e. The normalized spacial score (nSPS) is 9.73. The Labute approximate surface area is 89.3 Å². The van der Waals surface area contributed by atoms with Crippen molar-refractivity contribution in [2.75, 3.05) is 11.9 Å².